The molecule has 0 unspecified atom stereocenters. The summed E-state index contributed by atoms with van der Waals surface area (Å²) in [6, 6.07) is 51.5. The van der Waals surface area contributed by atoms with Crippen LogP contribution in [0, 0.1) is 0 Å². The van der Waals surface area contributed by atoms with Gasteiger partial charge in [-0.2, -0.15) is 0 Å². The summed E-state index contributed by atoms with van der Waals surface area (Å²) in [4.78, 5) is 15.4. The third kappa shape index (κ3) is 4.08. The van der Waals surface area contributed by atoms with Crippen LogP contribution in [0.4, 0.5) is 0 Å². The fourth-order valence-electron chi connectivity index (χ4n) is 7.02. The molecule has 0 saturated carbocycles. The van der Waals surface area contributed by atoms with Crippen LogP contribution in [0.15, 0.2) is 160 Å². The van der Waals surface area contributed by atoms with Gasteiger partial charge in [0.25, 0.3) is 0 Å². The Hall–Kier alpha value is -6.59. The van der Waals surface area contributed by atoms with Crippen LogP contribution in [0.2, 0.25) is 0 Å². The Labute approximate surface area is 274 Å². The smallest absolute Gasteiger partial charge is 0.164 e. The Morgan fingerprint density at radius 1 is 0.292 bits per heavy atom. The highest BCUT2D eigenvalue weighted by Crippen LogP contribution is 2.42. The maximum absolute atomic E-state index is 6.25. The molecule has 10 aromatic rings. The third-order valence-electron chi connectivity index (χ3n) is 9.17. The molecule has 0 saturated heterocycles. The Kier molecular flexibility index (Phi) is 5.81. The largest absolute Gasteiger partial charge is 0.456 e. The Bertz CT molecular complexity index is 2850. The highest BCUT2D eigenvalue weighted by Gasteiger charge is 2.20. The molecule has 7 aromatic carbocycles. The lowest BCUT2D eigenvalue weighted by Crippen LogP contribution is -2.01. The summed E-state index contributed by atoms with van der Waals surface area (Å²) >= 11 is 0. The molecule has 3 aromatic heterocycles. The SMILES string of the molecule is c1ccc(-c2nc(-c3ccc(-c4cccc5oc6ccccc6c45)c4ccccc34)nc(-c3cccc4oc5ccccc5c34)n2)cc1. The molecule has 5 nitrogen and oxygen atoms in total. The summed E-state index contributed by atoms with van der Waals surface area (Å²) in [5.74, 6) is 1.82. The van der Waals surface area contributed by atoms with E-state index < -0.39 is 0 Å². The van der Waals surface area contributed by atoms with Gasteiger partial charge in [0.15, 0.2) is 17.5 Å². The van der Waals surface area contributed by atoms with Gasteiger partial charge in [0.1, 0.15) is 22.3 Å². The topological polar surface area (TPSA) is 65.0 Å². The number of fused-ring (bicyclic) bond motifs is 7. The number of para-hydroxylation sites is 2. The molecule has 0 bridgehead atoms. The quantitative estimate of drug-likeness (QED) is 0.197. The summed E-state index contributed by atoms with van der Waals surface area (Å²) in [7, 11) is 0. The molecule has 0 fully saturated rings. The lowest BCUT2D eigenvalue weighted by atomic mass is 9.92. The zero-order valence-corrected chi connectivity index (χ0v) is 25.6. The van der Waals surface area contributed by atoms with E-state index >= 15 is 0 Å². The monoisotopic (exact) mass is 615 g/mol. The van der Waals surface area contributed by atoms with Gasteiger partial charge in [0.2, 0.25) is 0 Å². The van der Waals surface area contributed by atoms with Crippen molar-refractivity contribution in [1.82, 2.24) is 15.0 Å². The Morgan fingerprint density at radius 3 is 1.42 bits per heavy atom. The van der Waals surface area contributed by atoms with E-state index in [0.717, 1.165) is 82.5 Å². The summed E-state index contributed by atoms with van der Waals surface area (Å²) in [5, 5.41) is 6.40. The maximum atomic E-state index is 6.25. The van der Waals surface area contributed by atoms with Crippen molar-refractivity contribution in [3.05, 3.63) is 152 Å². The molecule has 0 radical (unpaired) electrons. The van der Waals surface area contributed by atoms with Crippen molar-refractivity contribution in [2.75, 3.05) is 0 Å². The van der Waals surface area contributed by atoms with Gasteiger partial charge in [-0.1, -0.05) is 121 Å². The van der Waals surface area contributed by atoms with Gasteiger partial charge < -0.3 is 8.83 Å². The molecule has 0 atom stereocenters. The molecule has 5 heteroatoms. The molecule has 10 rings (SSSR count). The zero-order chi connectivity index (χ0) is 31.6. The number of hydrogen-bond acceptors (Lipinski definition) is 5. The second-order valence-corrected chi connectivity index (χ2v) is 11.9. The maximum Gasteiger partial charge on any atom is 0.164 e. The van der Waals surface area contributed by atoms with Gasteiger partial charge in [-0.25, -0.2) is 15.0 Å². The standard InChI is InChI=1S/C43H25N3O2/c1-2-12-26(13-3-1)41-44-42(46-43(45-41)34-19-11-23-38-40(34)33-17-7-9-21-36(33)48-38)31-25-24-29(27-14-4-5-15-28(27)31)30-18-10-22-37-39(30)32-16-6-8-20-35(32)47-37/h1-25H. The van der Waals surface area contributed by atoms with Crippen LogP contribution >= 0.6 is 0 Å². The van der Waals surface area contributed by atoms with Crippen LogP contribution in [-0.4, -0.2) is 15.0 Å². The van der Waals surface area contributed by atoms with Crippen LogP contribution < -0.4 is 0 Å². The highest BCUT2D eigenvalue weighted by molar-refractivity contribution is 6.16. The van der Waals surface area contributed by atoms with Crippen molar-refractivity contribution in [3.63, 3.8) is 0 Å². The second kappa shape index (κ2) is 10.5. The fourth-order valence-corrected chi connectivity index (χ4v) is 7.02. The molecule has 48 heavy (non-hydrogen) atoms. The number of furan rings is 2. The number of benzene rings is 7. The molecular weight excluding hydrogens is 590 g/mol. The fraction of sp³-hybridized carbons (Fsp3) is 0. The lowest BCUT2D eigenvalue weighted by Gasteiger charge is -2.14. The average Bonchev–Trinajstić information content (AvgIpc) is 3.73. The molecule has 0 spiro atoms. The predicted molar refractivity (Wildman–Crippen MR) is 194 cm³/mol. The normalized spacial score (nSPS) is 11.8. The van der Waals surface area contributed by atoms with Crippen molar-refractivity contribution in [3.8, 4) is 45.3 Å². The van der Waals surface area contributed by atoms with Crippen LogP contribution in [0.1, 0.15) is 0 Å². The minimum atomic E-state index is 0.596. The van der Waals surface area contributed by atoms with Crippen LogP contribution in [0.3, 0.4) is 0 Å². The van der Waals surface area contributed by atoms with Gasteiger partial charge in [-0.15, -0.1) is 0 Å². The summed E-state index contributed by atoms with van der Waals surface area (Å²) in [6.07, 6.45) is 0. The van der Waals surface area contributed by atoms with Gasteiger partial charge in [-0.05, 0) is 52.2 Å². The van der Waals surface area contributed by atoms with Crippen molar-refractivity contribution >= 4 is 54.6 Å². The van der Waals surface area contributed by atoms with E-state index in [4.69, 9.17) is 23.8 Å². The van der Waals surface area contributed by atoms with Gasteiger partial charge >= 0.3 is 0 Å². The second-order valence-electron chi connectivity index (χ2n) is 11.9. The molecule has 3 heterocycles. The van der Waals surface area contributed by atoms with E-state index in [1.165, 1.54) is 0 Å². The van der Waals surface area contributed by atoms with Crippen LogP contribution in [-0.2, 0) is 0 Å². The first-order chi connectivity index (χ1) is 23.8. The van der Waals surface area contributed by atoms with Crippen molar-refractivity contribution in [2.45, 2.75) is 0 Å². The minimum Gasteiger partial charge on any atom is -0.456 e. The summed E-state index contributed by atoms with van der Waals surface area (Å²) < 4.78 is 12.5. The predicted octanol–water partition coefficient (Wildman–Crippen LogP) is 11.5. The average molecular weight is 616 g/mol. The number of hydrogen-bond donors (Lipinski definition) is 0. The first kappa shape index (κ1) is 26.6. The molecule has 0 N–H and O–H groups in total. The minimum absolute atomic E-state index is 0.596. The van der Waals surface area contributed by atoms with Gasteiger partial charge in [0, 0.05) is 38.2 Å². The van der Waals surface area contributed by atoms with E-state index in [1.807, 2.05) is 78.9 Å². The Morgan fingerprint density at radius 2 is 0.750 bits per heavy atom. The van der Waals surface area contributed by atoms with Crippen LogP contribution in [0.5, 0.6) is 0 Å². The van der Waals surface area contributed by atoms with Crippen LogP contribution in [0.25, 0.3) is 99.9 Å². The molecule has 0 aliphatic heterocycles. The van der Waals surface area contributed by atoms with E-state index in [-0.39, 0.29) is 0 Å². The number of rotatable bonds is 4. The molecule has 0 amide bonds. The first-order valence-corrected chi connectivity index (χ1v) is 15.9. The van der Waals surface area contributed by atoms with Crippen molar-refractivity contribution in [1.29, 1.82) is 0 Å². The molecule has 224 valence electrons. The van der Waals surface area contributed by atoms with Gasteiger partial charge in [0.05, 0.1) is 0 Å². The van der Waals surface area contributed by atoms with Gasteiger partial charge in [-0.3, -0.25) is 0 Å². The summed E-state index contributed by atoms with van der Waals surface area (Å²) in [6.45, 7) is 0. The van der Waals surface area contributed by atoms with E-state index in [2.05, 4.69) is 72.8 Å². The zero-order valence-electron chi connectivity index (χ0n) is 25.6. The first-order valence-electron chi connectivity index (χ1n) is 15.9. The van der Waals surface area contributed by atoms with E-state index in [9.17, 15) is 0 Å². The lowest BCUT2D eigenvalue weighted by molar-refractivity contribution is 0.668. The molecule has 0 aliphatic carbocycles. The molecule has 0 aliphatic rings. The molecular formula is C43H25N3O2. The van der Waals surface area contributed by atoms with Crippen molar-refractivity contribution < 1.29 is 8.83 Å². The highest BCUT2D eigenvalue weighted by atomic mass is 16.3. The Balaban J connectivity index is 1.23. The van der Waals surface area contributed by atoms with Crippen molar-refractivity contribution in [2.24, 2.45) is 0 Å². The summed E-state index contributed by atoms with van der Waals surface area (Å²) in [5.41, 5.74) is 8.39. The van der Waals surface area contributed by atoms with E-state index in [1.54, 1.807) is 0 Å². The van der Waals surface area contributed by atoms with E-state index in [0.29, 0.717) is 17.5 Å². The number of aromatic nitrogens is 3. The third-order valence-corrected chi connectivity index (χ3v) is 9.17. The number of nitrogens with zero attached hydrogens (tertiary/aromatic N) is 3.